The molecule has 0 amide bonds. The Morgan fingerprint density at radius 1 is 0.247 bits per heavy atom. The van der Waals surface area contributed by atoms with Gasteiger partial charge in [0.2, 0.25) is 0 Å². The minimum Gasteiger partial charge on any atom is -0.310 e. The van der Waals surface area contributed by atoms with Crippen molar-refractivity contribution in [3.63, 3.8) is 0 Å². The van der Waals surface area contributed by atoms with E-state index in [0.29, 0.717) is 0 Å². The zero-order valence-electron chi connectivity index (χ0n) is 39.6. The summed E-state index contributed by atoms with van der Waals surface area (Å²) in [7, 11) is 0. The van der Waals surface area contributed by atoms with Gasteiger partial charge in [0.25, 0.3) is 0 Å². The topological polar surface area (TPSA) is 3.24 Å². The molecule has 0 N–H and O–H groups in total. The van der Waals surface area contributed by atoms with E-state index in [1.165, 1.54) is 119 Å². The molecule has 0 fully saturated rings. The van der Waals surface area contributed by atoms with Crippen LogP contribution < -0.4 is 4.90 Å². The van der Waals surface area contributed by atoms with E-state index in [1.54, 1.807) is 0 Å². The Labute approximate surface area is 433 Å². The molecule has 340 valence electrons. The van der Waals surface area contributed by atoms with Crippen LogP contribution in [0.3, 0.4) is 0 Å². The summed E-state index contributed by atoms with van der Waals surface area (Å²) in [4.78, 5) is 7.74. The second kappa shape index (κ2) is 15.6. The van der Waals surface area contributed by atoms with Crippen LogP contribution in [0.5, 0.6) is 0 Å². The van der Waals surface area contributed by atoms with E-state index < -0.39 is 10.8 Å². The van der Waals surface area contributed by atoms with Gasteiger partial charge in [-0.05, 0) is 166 Å². The molecule has 3 heteroatoms. The lowest BCUT2D eigenvalue weighted by atomic mass is 9.67. The molecule has 2 spiro atoms. The van der Waals surface area contributed by atoms with Gasteiger partial charge in [0.1, 0.15) is 0 Å². The summed E-state index contributed by atoms with van der Waals surface area (Å²) >= 11 is 3.78. The first-order valence-electron chi connectivity index (χ1n) is 25.2. The summed E-state index contributed by atoms with van der Waals surface area (Å²) in [5.41, 5.74) is 20.5. The van der Waals surface area contributed by atoms with Crippen LogP contribution in [0.4, 0.5) is 17.1 Å². The zero-order valence-corrected chi connectivity index (χ0v) is 41.2. The maximum absolute atomic E-state index is 2.53. The van der Waals surface area contributed by atoms with Crippen LogP contribution in [-0.2, 0) is 10.8 Å². The molecule has 12 aromatic rings. The molecule has 73 heavy (non-hydrogen) atoms. The van der Waals surface area contributed by atoms with Crippen molar-refractivity contribution in [2.24, 2.45) is 0 Å². The molecule has 4 aliphatic rings. The van der Waals surface area contributed by atoms with Crippen LogP contribution in [0.1, 0.15) is 44.5 Å². The smallest absolute Gasteiger partial charge is 0.0736 e. The first-order chi connectivity index (χ1) is 36.2. The van der Waals surface area contributed by atoms with Gasteiger partial charge < -0.3 is 4.90 Å². The van der Waals surface area contributed by atoms with Crippen molar-refractivity contribution in [3.05, 3.63) is 305 Å². The Bertz CT molecular complexity index is 4010. The van der Waals surface area contributed by atoms with Gasteiger partial charge in [0, 0.05) is 36.6 Å². The van der Waals surface area contributed by atoms with Gasteiger partial charge in [0.05, 0.1) is 10.8 Å². The number of hydrogen-bond donors (Lipinski definition) is 0. The highest BCUT2D eigenvalue weighted by atomic mass is 32.2. The molecule has 12 aromatic carbocycles. The fourth-order valence-corrected chi connectivity index (χ4v) is 15.8. The summed E-state index contributed by atoms with van der Waals surface area (Å²) in [6, 6.07) is 98.7. The van der Waals surface area contributed by atoms with Gasteiger partial charge in [-0.25, -0.2) is 0 Å². The molecule has 0 aromatic heterocycles. The van der Waals surface area contributed by atoms with Crippen LogP contribution in [0.25, 0.3) is 54.9 Å². The van der Waals surface area contributed by atoms with Crippen LogP contribution in [-0.4, -0.2) is 0 Å². The fraction of sp³-hybridized carbons (Fsp3) is 0.0286. The first kappa shape index (κ1) is 41.3. The lowest BCUT2D eigenvalue weighted by molar-refractivity contribution is 0.721. The van der Waals surface area contributed by atoms with Gasteiger partial charge in [-0.1, -0.05) is 218 Å². The number of fused-ring (bicyclic) bond motifs is 21. The Kier molecular flexibility index (Phi) is 8.81. The van der Waals surface area contributed by atoms with E-state index in [2.05, 4.69) is 266 Å². The predicted octanol–water partition coefficient (Wildman–Crippen LogP) is 18.8. The highest BCUT2D eigenvalue weighted by Crippen LogP contribution is 2.65. The third-order valence-electron chi connectivity index (χ3n) is 16.4. The quantitative estimate of drug-likeness (QED) is 0.162. The van der Waals surface area contributed by atoms with Gasteiger partial charge in [0.15, 0.2) is 0 Å². The van der Waals surface area contributed by atoms with E-state index in [4.69, 9.17) is 0 Å². The number of anilines is 3. The minimum atomic E-state index is -0.506. The third kappa shape index (κ3) is 5.67. The van der Waals surface area contributed by atoms with E-state index in [9.17, 15) is 0 Å². The molecule has 2 aliphatic heterocycles. The van der Waals surface area contributed by atoms with Crippen molar-refractivity contribution >= 4 is 62.1 Å². The Morgan fingerprint density at radius 3 is 1.15 bits per heavy atom. The lowest BCUT2D eigenvalue weighted by Crippen LogP contribution is -2.32. The van der Waals surface area contributed by atoms with Crippen molar-refractivity contribution in [1.29, 1.82) is 0 Å². The van der Waals surface area contributed by atoms with E-state index >= 15 is 0 Å². The summed E-state index contributed by atoms with van der Waals surface area (Å²) in [5, 5.41) is 5.08. The average molecular weight is 962 g/mol. The summed E-state index contributed by atoms with van der Waals surface area (Å²) in [6.45, 7) is 0. The van der Waals surface area contributed by atoms with E-state index in [1.807, 2.05) is 23.5 Å². The third-order valence-corrected chi connectivity index (χ3v) is 18.7. The molecule has 0 atom stereocenters. The first-order valence-corrected chi connectivity index (χ1v) is 26.9. The number of benzene rings is 12. The maximum Gasteiger partial charge on any atom is 0.0736 e. The summed E-state index contributed by atoms with van der Waals surface area (Å²) in [6.07, 6.45) is 0. The van der Waals surface area contributed by atoms with Gasteiger partial charge in [-0.3, -0.25) is 0 Å². The highest BCUT2D eigenvalue weighted by Gasteiger charge is 2.52. The molecule has 2 aliphatic carbocycles. The molecule has 0 saturated carbocycles. The number of hydrogen-bond acceptors (Lipinski definition) is 3. The molecular formula is C70H43NS2. The van der Waals surface area contributed by atoms with Crippen LogP contribution in [0, 0.1) is 0 Å². The Balaban J connectivity index is 0.936. The summed E-state index contributed by atoms with van der Waals surface area (Å²) < 4.78 is 0. The van der Waals surface area contributed by atoms with Crippen molar-refractivity contribution in [2.45, 2.75) is 30.4 Å². The van der Waals surface area contributed by atoms with Gasteiger partial charge >= 0.3 is 0 Å². The number of rotatable bonds is 4. The highest BCUT2D eigenvalue weighted by molar-refractivity contribution is 7.99. The zero-order chi connectivity index (χ0) is 47.8. The Morgan fingerprint density at radius 2 is 0.630 bits per heavy atom. The van der Waals surface area contributed by atoms with Crippen molar-refractivity contribution in [2.75, 3.05) is 4.90 Å². The second-order valence-electron chi connectivity index (χ2n) is 19.8. The standard InChI is InChI=1S/C70H43NS2/c1-2-16-51-45(15-1)29-30-47-41-46(33-38-52(47)51)44-31-34-48(35-32-44)71(49-36-39-55-53-17-3-5-19-57(53)69(63(55)42-49)59-21-7-11-25-65(59)72-66-26-12-8-22-60(66)69)50-37-40-56-54-18-4-6-20-58(54)70(64(56)43-50)61-23-9-13-27-67(61)73-68-28-14-10-24-62(68)70/h1-43H. The molecule has 2 heterocycles. The molecule has 0 saturated heterocycles. The average Bonchev–Trinajstić information content (AvgIpc) is 3.90. The molecule has 0 bridgehead atoms. The van der Waals surface area contributed by atoms with Gasteiger partial charge in [-0.2, -0.15) is 0 Å². The largest absolute Gasteiger partial charge is 0.310 e. The molecule has 0 unspecified atom stereocenters. The second-order valence-corrected chi connectivity index (χ2v) is 22.0. The summed E-state index contributed by atoms with van der Waals surface area (Å²) in [5.74, 6) is 0. The molecule has 0 radical (unpaired) electrons. The normalized spacial score (nSPS) is 14.4. The fourth-order valence-electron chi connectivity index (χ4n) is 13.4. The molecular weight excluding hydrogens is 919 g/mol. The minimum absolute atomic E-state index is 0.506. The number of nitrogens with zero attached hydrogens (tertiary/aromatic N) is 1. The van der Waals surface area contributed by atoms with Crippen molar-refractivity contribution < 1.29 is 0 Å². The molecule has 16 rings (SSSR count). The lowest BCUT2D eigenvalue weighted by Gasteiger charge is -2.40. The van der Waals surface area contributed by atoms with E-state index in [0.717, 1.165) is 17.1 Å². The Hall–Kier alpha value is -8.34. The van der Waals surface area contributed by atoms with E-state index in [-0.39, 0.29) is 0 Å². The van der Waals surface area contributed by atoms with Crippen LogP contribution in [0.15, 0.2) is 280 Å². The van der Waals surface area contributed by atoms with Crippen LogP contribution >= 0.6 is 23.5 Å². The SMILES string of the molecule is c1ccc2c(c1)Sc1ccccc1C21c2ccccc2-c2ccc(N(c3ccc(-c4ccc5c(ccc6ccccc65)c4)cc3)c3ccc4c(c3)C3(c5ccccc5Sc5ccccc53)c3ccccc3-4)cc21. The van der Waals surface area contributed by atoms with Crippen LogP contribution in [0.2, 0.25) is 0 Å². The van der Waals surface area contributed by atoms with Gasteiger partial charge in [-0.15, -0.1) is 0 Å². The van der Waals surface area contributed by atoms with Crippen molar-refractivity contribution in [3.8, 4) is 33.4 Å². The van der Waals surface area contributed by atoms with Crippen molar-refractivity contribution in [1.82, 2.24) is 0 Å². The maximum atomic E-state index is 2.53. The molecule has 1 nitrogen and oxygen atoms in total. The monoisotopic (exact) mass is 961 g/mol. The predicted molar refractivity (Wildman–Crippen MR) is 304 cm³/mol.